The van der Waals surface area contributed by atoms with E-state index in [4.69, 9.17) is 9.47 Å². The number of benzene rings is 1. The number of nitrogens with one attached hydrogen (secondary N) is 1. The number of carbonyl (C=O) groups is 1. The van der Waals surface area contributed by atoms with Crippen molar-refractivity contribution in [2.24, 2.45) is 5.92 Å². The Labute approximate surface area is 137 Å². The lowest BCUT2D eigenvalue weighted by molar-refractivity contribution is -0.0891. The SMILES string of the molecule is CCOCOCC(C[C@H](C)C(O)O)NC(=O)c1ccc(C)cc1. The van der Waals surface area contributed by atoms with E-state index in [1.165, 1.54) is 0 Å². The standard InChI is InChI=1S/C17H27NO5/c1-4-22-11-23-10-15(9-13(3)17(20)21)18-16(19)14-7-5-12(2)6-8-14/h5-8,13,15,17,20-21H,4,9-11H2,1-3H3,(H,18,19)/t13-,15?/m0/s1. The van der Waals surface area contributed by atoms with Crippen LogP contribution >= 0.6 is 0 Å². The highest BCUT2D eigenvalue weighted by molar-refractivity contribution is 5.94. The Morgan fingerprint density at radius 1 is 1.22 bits per heavy atom. The van der Waals surface area contributed by atoms with Crippen LogP contribution in [0.2, 0.25) is 0 Å². The van der Waals surface area contributed by atoms with Crippen molar-refractivity contribution >= 4 is 5.91 Å². The molecule has 1 rings (SSSR count). The maximum atomic E-state index is 12.3. The molecule has 0 spiro atoms. The van der Waals surface area contributed by atoms with Gasteiger partial charge in [-0.3, -0.25) is 4.79 Å². The molecule has 0 radical (unpaired) electrons. The number of hydrogen-bond acceptors (Lipinski definition) is 5. The molecule has 0 saturated heterocycles. The fourth-order valence-corrected chi connectivity index (χ4v) is 2.05. The van der Waals surface area contributed by atoms with Gasteiger partial charge in [0.05, 0.1) is 12.6 Å². The van der Waals surface area contributed by atoms with E-state index in [1.807, 2.05) is 26.0 Å². The third-order valence-electron chi connectivity index (χ3n) is 3.50. The average molecular weight is 325 g/mol. The summed E-state index contributed by atoms with van der Waals surface area (Å²) < 4.78 is 10.5. The highest BCUT2D eigenvalue weighted by Crippen LogP contribution is 2.11. The summed E-state index contributed by atoms with van der Waals surface area (Å²) >= 11 is 0. The summed E-state index contributed by atoms with van der Waals surface area (Å²) in [5.74, 6) is -0.594. The quantitative estimate of drug-likeness (QED) is 0.447. The smallest absolute Gasteiger partial charge is 0.251 e. The highest BCUT2D eigenvalue weighted by atomic mass is 16.7. The van der Waals surface area contributed by atoms with Gasteiger partial charge in [0, 0.05) is 18.1 Å². The van der Waals surface area contributed by atoms with Crippen molar-refractivity contribution in [3.63, 3.8) is 0 Å². The third-order valence-corrected chi connectivity index (χ3v) is 3.50. The lowest BCUT2D eigenvalue weighted by Crippen LogP contribution is -2.41. The van der Waals surface area contributed by atoms with Gasteiger partial charge in [-0.2, -0.15) is 0 Å². The Balaban J connectivity index is 2.62. The zero-order valence-electron chi connectivity index (χ0n) is 14.0. The van der Waals surface area contributed by atoms with Gasteiger partial charge in [0.1, 0.15) is 6.79 Å². The Bertz CT molecular complexity index is 461. The molecule has 0 bridgehead atoms. The summed E-state index contributed by atoms with van der Waals surface area (Å²) in [6, 6.07) is 6.92. The van der Waals surface area contributed by atoms with E-state index in [1.54, 1.807) is 19.1 Å². The van der Waals surface area contributed by atoms with Gasteiger partial charge in [-0.1, -0.05) is 24.6 Å². The van der Waals surface area contributed by atoms with Crippen LogP contribution in [-0.4, -0.2) is 48.5 Å². The molecule has 2 atom stereocenters. The second kappa shape index (κ2) is 10.3. The molecule has 130 valence electrons. The maximum Gasteiger partial charge on any atom is 0.251 e. The molecule has 1 aromatic rings. The Morgan fingerprint density at radius 3 is 2.43 bits per heavy atom. The van der Waals surface area contributed by atoms with Crippen LogP contribution in [0.25, 0.3) is 0 Å². The predicted octanol–water partition coefficient (Wildman–Crippen LogP) is 1.44. The zero-order chi connectivity index (χ0) is 17.2. The lowest BCUT2D eigenvalue weighted by atomic mass is 10.0. The molecule has 1 aromatic carbocycles. The number of carbonyl (C=O) groups excluding carboxylic acids is 1. The number of ether oxygens (including phenoxy) is 2. The number of amides is 1. The van der Waals surface area contributed by atoms with Gasteiger partial charge in [0.2, 0.25) is 0 Å². The minimum Gasteiger partial charge on any atom is -0.368 e. The van der Waals surface area contributed by atoms with Crippen LogP contribution in [-0.2, 0) is 9.47 Å². The van der Waals surface area contributed by atoms with Crippen LogP contribution in [0.4, 0.5) is 0 Å². The van der Waals surface area contributed by atoms with Crippen molar-refractivity contribution in [2.45, 2.75) is 39.5 Å². The first-order chi connectivity index (χ1) is 10.9. The fraction of sp³-hybridized carbons (Fsp3) is 0.588. The average Bonchev–Trinajstić information content (AvgIpc) is 2.51. The van der Waals surface area contributed by atoms with Gasteiger partial charge in [0.15, 0.2) is 6.29 Å². The van der Waals surface area contributed by atoms with E-state index in [2.05, 4.69) is 5.32 Å². The number of aliphatic hydroxyl groups excluding tert-OH is 1. The van der Waals surface area contributed by atoms with Crippen molar-refractivity contribution in [1.29, 1.82) is 0 Å². The normalized spacial score (nSPS) is 13.8. The summed E-state index contributed by atoms with van der Waals surface area (Å²) in [5, 5.41) is 21.4. The van der Waals surface area contributed by atoms with E-state index in [0.717, 1.165) is 5.56 Å². The summed E-state index contributed by atoms with van der Waals surface area (Å²) in [6.45, 7) is 6.46. The second-order valence-electron chi connectivity index (χ2n) is 5.64. The Hall–Kier alpha value is -1.47. The topological polar surface area (TPSA) is 88.0 Å². The molecular weight excluding hydrogens is 298 g/mol. The molecule has 6 heteroatoms. The van der Waals surface area contributed by atoms with Crippen LogP contribution in [0.5, 0.6) is 0 Å². The monoisotopic (exact) mass is 325 g/mol. The van der Waals surface area contributed by atoms with E-state index in [0.29, 0.717) is 18.6 Å². The summed E-state index contributed by atoms with van der Waals surface area (Å²) in [7, 11) is 0. The zero-order valence-corrected chi connectivity index (χ0v) is 14.0. The molecule has 0 saturated carbocycles. The Kier molecular flexibility index (Phi) is 8.79. The van der Waals surface area contributed by atoms with Gasteiger partial charge in [0.25, 0.3) is 5.91 Å². The number of aliphatic hydroxyl groups is 2. The van der Waals surface area contributed by atoms with Crippen molar-refractivity contribution < 1.29 is 24.5 Å². The molecule has 0 heterocycles. The number of aryl methyl sites for hydroxylation is 1. The first kappa shape index (κ1) is 19.6. The molecule has 1 amide bonds. The van der Waals surface area contributed by atoms with Gasteiger partial charge in [-0.25, -0.2) is 0 Å². The minimum atomic E-state index is -1.43. The molecule has 23 heavy (non-hydrogen) atoms. The van der Waals surface area contributed by atoms with Gasteiger partial charge < -0.3 is 25.0 Å². The van der Waals surface area contributed by atoms with Crippen LogP contribution in [0, 0.1) is 12.8 Å². The summed E-state index contributed by atoms with van der Waals surface area (Å²) in [6.07, 6.45) is -1.04. The molecule has 1 unspecified atom stereocenters. The minimum absolute atomic E-state index is 0.142. The van der Waals surface area contributed by atoms with Crippen molar-refractivity contribution in [3.05, 3.63) is 35.4 Å². The lowest BCUT2D eigenvalue weighted by Gasteiger charge is -2.23. The van der Waals surface area contributed by atoms with Crippen molar-refractivity contribution in [1.82, 2.24) is 5.32 Å². The van der Waals surface area contributed by atoms with E-state index in [9.17, 15) is 15.0 Å². The molecule has 6 nitrogen and oxygen atoms in total. The van der Waals surface area contributed by atoms with Crippen molar-refractivity contribution in [2.75, 3.05) is 20.0 Å². The summed E-state index contributed by atoms with van der Waals surface area (Å²) in [5.41, 5.74) is 1.64. The fourth-order valence-electron chi connectivity index (χ4n) is 2.05. The van der Waals surface area contributed by atoms with Crippen LogP contribution < -0.4 is 5.32 Å². The maximum absolute atomic E-state index is 12.3. The third kappa shape index (κ3) is 7.56. The van der Waals surface area contributed by atoms with Crippen LogP contribution in [0.1, 0.15) is 36.2 Å². The van der Waals surface area contributed by atoms with Crippen LogP contribution in [0.15, 0.2) is 24.3 Å². The number of hydrogen-bond donors (Lipinski definition) is 3. The first-order valence-corrected chi connectivity index (χ1v) is 7.83. The van der Waals surface area contributed by atoms with Crippen LogP contribution in [0.3, 0.4) is 0 Å². The first-order valence-electron chi connectivity index (χ1n) is 7.83. The predicted molar refractivity (Wildman–Crippen MR) is 86.9 cm³/mol. The van der Waals surface area contributed by atoms with E-state index >= 15 is 0 Å². The summed E-state index contributed by atoms with van der Waals surface area (Å²) in [4.78, 5) is 12.3. The van der Waals surface area contributed by atoms with E-state index in [-0.39, 0.29) is 31.3 Å². The molecule has 0 aliphatic heterocycles. The largest absolute Gasteiger partial charge is 0.368 e. The molecular formula is C17H27NO5. The van der Waals surface area contributed by atoms with Gasteiger partial charge in [-0.15, -0.1) is 0 Å². The molecule has 0 fully saturated rings. The molecule has 3 N–H and O–H groups in total. The molecule has 0 aromatic heterocycles. The number of rotatable bonds is 10. The molecule has 0 aliphatic carbocycles. The van der Waals surface area contributed by atoms with Crippen molar-refractivity contribution in [3.8, 4) is 0 Å². The highest BCUT2D eigenvalue weighted by Gasteiger charge is 2.20. The van der Waals surface area contributed by atoms with E-state index < -0.39 is 6.29 Å². The molecule has 0 aliphatic rings. The van der Waals surface area contributed by atoms with Gasteiger partial charge in [-0.05, 0) is 32.4 Å². The Morgan fingerprint density at radius 2 is 1.87 bits per heavy atom. The second-order valence-corrected chi connectivity index (χ2v) is 5.64. The van der Waals surface area contributed by atoms with Gasteiger partial charge >= 0.3 is 0 Å².